The van der Waals surface area contributed by atoms with Gasteiger partial charge in [0.1, 0.15) is 16.4 Å². The SMILES string of the molecule is CCc1nnc(SCc2cc(N3CCCCC3C)cc(N(Cc3cccc([N+](=O)[O-])c3)C(=O)OC(C)(C)C)n2)s1. The highest BCUT2D eigenvalue weighted by atomic mass is 32.2. The molecule has 0 aliphatic carbocycles. The van der Waals surface area contributed by atoms with E-state index in [9.17, 15) is 14.9 Å². The normalized spacial score (nSPS) is 15.6. The Bertz CT molecular complexity index is 1340. The number of carbonyl (C=O) groups is 1. The molecule has 1 aromatic carbocycles. The van der Waals surface area contributed by atoms with Gasteiger partial charge in [-0.25, -0.2) is 9.78 Å². The Morgan fingerprint density at radius 2 is 2.05 bits per heavy atom. The van der Waals surface area contributed by atoms with Crippen LogP contribution in [0, 0.1) is 10.1 Å². The van der Waals surface area contributed by atoms with Gasteiger partial charge in [0.05, 0.1) is 17.2 Å². The Morgan fingerprint density at radius 3 is 2.73 bits per heavy atom. The molecule has 0 bridgehead atoms. The van der Waals surface area contributed by atoms with Gasteiger partial charge >= 0.3 is 6.09 Å². The van der Waals surface area contributed by atoms with Crippen LogP contribution in [0.1, 0.15) is 70.1 Å². The van der Waals surface area contributed by atoms with E-state index < -0.39 is 16.6 Å². The first-order valence-corrected chi connectivity index (χ1v) is 15.3. The van der Waals surface area contributed by atoms with E-state index in [4.69, 9.17) is 9.72 Å². The predicted molar refractivity (Wildman–Crippen MR) is 159 cm³/mol. The molecule has 1 unspecified atom stereocenters. The number of aryl methyl sites for hydroxylation is 1. The van der Waals surface area contributed by atoms with E-state index in [-0.39, 0.29) is 12.2 Å². The third-order valence-electron chi connectivity index (χ3n) is 6.43. The van der Waals surface area contributed by atoms with Gasteiger partial charge in [-0.2, -0.15) is 0 Å². The molecule has 2 aromatic heterocycles. The first-order valence-electron chi connectivity index (χ1n) is 13.5. The molecule has 3 aromatic rings. The highest BCUT2D eigenvalue weighted by Gasteiger charge is 2.27. The van der Waals surface area contributed by atoms with E-state index in [0.29, 0.717) is 23.2 Å². The summed E-state index contributed by atoms with van der Waals surface area (Å²) in [4.78, 5) is 33.3. The Balaban J connectivity index is 1.73. The first-order chi connectivity index (χ1) is 19.0. The lowest BCUT2D eigenvalue weighted by atomic mass is 10.0. The number of carbonyl (C=O) groups excluding carboxylic acids is 1. The number of hydrogen-bond donors (Lipinski definition) is 0. The Hall–Kier alpha value is -3.25. The number of piperidine rings is 1. The number of anilines is 2. The number of rotatable bonds is 9. The van der Waals surface area contributed by atoms with E-state index >= 15 is 0 Å². The summed E-state index contributed by atoms with van der Waals surface area (Å²) in [5.41, 5.74) is 1.63. The molecule has 1 aliphatic heterocycles. The van der Waals surface area contributed by atoms with Gasteiger partial charge in [0, 0.05) is 42.2 Å². The third-order valence-corrected chi connectivity index (χ3v) is 8.67. The lowest BCUT2D eigenvalue weighted by Gasteiger charge is -2.36. The molecule has 0 saturated carbocycles. The van der Waals surface area contributed by atoms with Gasteiger partial charge in [-0.3, -0.25) is 15.0 Å². The average molecular weight is 585 g/mol. The monoisotopic (exact) mass is 584 g/mol. The largest absolute Gasteiger partial charge is 0.443 e. The third kappa shape index (κ3) is 7.91. The van der Waals surface area contributed by atoms with Gasteiger partial charge in [-0.05, 0) is 65.0 Å². The molecule has 3 heterocycles. The molecule has 12 heteroatoms. The fourth-order valence-electron chi connectivity index (χ4n) is 4.50. The molecule has 1 saturated heterocycles. The molecule has 0 N–H and O–H groups in total. The minimum atomic E-state index is -0.732. The van der Waals surface area contributed by atoms with Crippen LogP contribution < -0.4 is 9.80 Å². The first kappa shape index (κ1) is 29.7. The number of nitrogens with zero attached hydrogens (tertiary/aromatic N) is 6. The number of aromatic nitrogens is 3. The number of pyridine rings is 1. The van der Waals surface area contributed by atoms with Crippen molar-refractivity contribution in [2.75, 3.05) is 16.3 Å². The van der Waals surface area contributed by atoms with Crippen molar-refractivity contribution in [3.63, 3.8) is 0 Å². The maximum Gasteiger partial charge on any atom is 0.416 e. The predicted octanol–water partition coefficient (Wildman–Crippen LogP) is 7.02. The van der Waals surface area contributed by atoms with Crippen LogP contribution in [-0.2, 0) is 23.5 Å². The van der Waals surface area contributed by atoms with Crippen molar-refractivity contribution in [2.45, 2.75) is 88.6 Å². The second-order valence-corrected chi connectivity index (χ2v) is 13.1. The zero-order valence-corrected chi connectivity index (χ0v) is 25.3. The van der Waals surface area contributed by atoms with Crippen molar-refractivity contribution < 1.29 is 14.5 Å². The van der Waals surface area contributed by atoms with Gasteiger partial charge in [-0.15, -0.1) is 10.2 Å². The minimum absolute atomic E-state index is 0.0360. The number of thioether (sulfide) groups is 1. The summed E-state index contributed by atoms with van der Waals surface area (Å²) in [6, 6.07) is 10.7. The molecule has 0 spiro atoms. The van der Waals surface area contributed by atoms with Crippen molar-refractivity contribution in [2.24, 2.45) is 0 Å². The van der Waals surface area contributed by atoms with Crippen LogP contribution in [0.4, 0.5) is 22.0 Å². The molecular formula is C28H36N6O4S2. The fraction of sp³-hybridized carbons (Fsp3) is 0.500. The van der Waals surface area contributed by atoms with E-state index in [1.54, 1.807) is 35.2 Å². The molecule has 10 nitrogen and oxygen atoms in total. The van der Waals surface area contributed by atoms with Gasteiger partial charge in [0.25, 0.3) is 5.69 Å². The zero-order valence-electron chi connectivity index (χ0n) is 23.6. The van der Waals surface area contributed by atoms with E-state index in [1.807, 2.05) is 26.8 Å². The number of ether oxygens (including phenoxy) is 1. The molecule has 1 aliphatic rings. The number of amides is 1. The fourth-order valence-corrected chi connectivity index (χ4v) is 6.23. The van der Waals surface area contributed by atoms with Gasteiger partial charge in [-0.1, -0.05) is 42.2 Å². The summed E-state index contributed by atoms with van der Waals surface area (Å²) in [6.07, 6.45) is 3.65. The van der Waals surface area contributed by atoms with Crippen molar-refractivity contribution >= 4 is 46.4 Å². The Labute approximate surface area is 243 Å². The molecule has 4 rings (SSSR count). The summed E-state index contributed by atoms with van der Waals surface area (Å²) in [5.74, 6) is 0.999. The molecular weight excluding hydrogens is 548 g/mol. The zero-order chi connectivity index (χ0) is 28.9. The van der Waals surface area contributed by atoms with E-state index in [1.165, 1.54) is 23.5 Å². The lowest BCUT2D eigenvalue weighted by molar-refractivity contribution is -0.384. The highest BCUT2D eigenvalue weighted by molar-refractivity contribution is 8.00. The number of hydrogen-bond acceptors (Lipinski definition) is 10. The van der Waals surface area contributed by atoms with Crippen LogP contribution in [0.2, 0.25) is 0 Å². The summed E-state index contributed by atoms with van der Waals surface area (Å²) in [6.45, 7) is 10.7. The summed E-state index contributed by atoms with van der Waals surface area (Å²) in [5, 5.41) is 20.9. The number of nitro benzene ring substituents is 1. The van der Waals surface area contributed by atoms with Crippen LogP contribution in [0.5, 0.6) is 0 Å². The molecule has 214 valence electrons. The highest BCUT2D eigenvalue weighted by Crippen LogP contribution is 2.33. The standard InChI is InChI=1S/C28H36N6O4S2/c1-6-25-30-31-26(40-25)39-18-21-15-23(32-13-8-7-10-19(32)2)16-24(29-21)33(27(35)38-28(3,4)5)17-20-11-9-12-22(14-20)34(36)37/h9,11-12,14-16,19H,6-8,10,13,17-18H2,1-5H3. The topological polar surface area (TPSA) is 115 Å². The summed E-state index contributed by atoms with van der Waals surface area (Å²) < 4.78 is 6.65. The van der Waals surface area contributed by atoms with Crippen LogP contribution in [-0.4, -0.2) is 44.4 Å². The van der Waals surface area contributed by atoms with E-state index in [2.05, 4.69) is 35.0 Å². The average Bonchev–Trinajstić information content (AvgIpc) is 3.38. The lowest BCUT2D eigenvalue weighted by Crippen LogP contribution is -2.39. The summed E-state index contributed by atoms with van der Waals surface area (Å²) in [7, 11) is 0. The second kappa shape index (κ2) is 12.9. The summed E-state index contributed by atoms with van der Waals surface area (Å²) >= 11 is 3.14. The smallest absolute Gasteiger partial charge is 0.416 e. The van der Waals surface area contributed by atoms with E-state index in [0.717, 1.165) is 46.5 Å². The second-order valence-electron chi connectivity index (χ2n) is 10.8. The van der Waals surface area contributed by atoms with Crippen LogP contribution >= 0.6 is 23.1 Å². The maximum atomic E-state index is 13.6. The minimum Gasteiger partial charge on any atom is -0.443 e. The Morgan fingerprint density at radius 1 is 1.25 bits per heavy atom. The van der Waals surface area contributed by atoms with Crippen molar-refractivity contribution in [1.29, 1.82) is 0 Å². The maximum absolute atomic E-state index is 13.6. The molecule has 1 amide bonds. The van der Waals surface area contributed by atoms with Crippen molar-refractivity contribution in [1.82, 2.24) is 15.2 Å². The van der Waals surface area contributed by atoms with Gasteiger partial charge < -0.3 is 9.64 Å². The van der Waals surface area contributed by atoms with Gasteiger partial charge in [0.2, 0.25) is 0 Å². The van der Waals surface area contributed by atoms with Crippen LogP contribution in [0.3, 0.4) is 0 Å². The van der Waals surface area contributed by atoms with Crippen LogP contribution in [0.15, 0.2) is 40.7 Å². The van der Waals surface area contributed by atoms with Crippen LogP contribution in [0.25, 0.3) is 0 Å². The number of nitro groups is 1. The Kier molecular flexibility index (Phi) is 9.62. The molecule has 1 atom stereocenters. The number of non-ortho nitro benzene ring substituents is 1. The molecule has 0 radical (unpaired) electrons. The molecule has 40 heavy (non-hydrogen) atoms. The molecule has 1 fully saturated rings. The quantitative estimate of drug-likeness (QED) is 0.149. The van der Waals surface area contributed by atoms with Crippen molar-refractivity contribution in [3.8, 4) is 0 Å². The van der Waals surface area contributed by atoms with Gasteiger partial charge in [0.15, 0.2) is 4.34 Å². The van der Waals surface area contributed by atoms with Crippen molar-refractivity contribution in [3.05, 3.63) is 62.8 Å². The number of benzene rings is 1.